The molecule has 2 heterocycles. The molecule has 0 aliphatic rings. The zero-order valence-corrected chi connectivity index (χ0v) is 16.1. The first kappa shape index (κ1) is 19.0. The molecule has 5 nitrogen and oxygen atoms in total. The number of hydrogen-bond acceptors (Lipinski definition) is 4. The second kappa shape index (κ2) is 6.78. The quantitative estimate of drug-likeness (QED) is 0.698. The maximum Gasteiger partial charge on any atom is 0.274 e. The number of halogens is 2. The van der Waals surface area contributed by atoms with Crippen LogP contribution in [0.1, 0.15) is 41.2 Å². The first-order valence-electron chi connectivity index (χ1n) is 8.34. The summed E-state index contributed by atoms with van der Waals surface area (Å²) in [5, 5.41) is 14.0. The third-order valence-corrected chi connectivity index (χ3v) is 4.71. The number of benzene rings is 1. The lowest BCUT2D eigenvalue weighted by atomic mass is 9.94. The van der Waals surface area contributed by atoms with Gasteiger partial charge in [0, 0.05) is 17.3 Å². The Morgan fingerprint density at radius 1 is 1.26 bits per heavy atom. The molecule has 7 heteroatoms. The molecule has 0 spiro atoms. The molecule has 0 atom stereocenters. The summed E-state index contributed by atoms with van der Waals surface area (Å²) in [5.74, 6) is -1.38. The first-order chi connectivity index (χ1) is 12.6. The van der Waals surface area contributed by atoms with Crippen LogP contribution in [0.15, 0.2) is 30.5 Å². The molecule has 1 aromatic carbocycles. The van der Waals surface area contributed by atoms with Gasteiger partial charge in [0.05, 0.1) is 10.6 Å². The number of nitrogens with one attached hydrogen (secondary N) is 1. The topological polar surface area (TPSA) is 75.1 Å². The lowest BCUT2D eigenvalue weighted by molar-refractivity contribution is 0.0904. The molecule has 0 fully saturated rings. The van der Waals surface area contributed by atoms with E-state index >= 15 is 0 Å². The number of aromatic nitrogens is 2. The Bertz CT molecular complexity index is 1070. The Balaban J connectivity index is 1.99. The highest BCUT2D eigenvalue weighted by Crippen LogP contribution is 2.30. The molecule has 3 aromatic rings. The predicted octanol–water partition coefficient (Wildman–Crippen LogP) is 4.41. The maximum absolute atomic E-state index is 13.4. The molecular weight excluding hydrogens is 369 g/mol. The van der Waals surface area contributed by atoms with Crippen molar-refractivity contribution in [1.29, 1.82) is 0 Å². The van der Waals surface area contributed by atoms with Crippen LogP contribution in [-0.2, 0) is 5.54 Å². The number of fused-ring (bicyclic) bond motifs is 1. The van der Waals surface area contributed by atoms with Crippen LogP contribution in [-0.4, -0.2) is 21.0 Å². The fourth-order valence-corrected chi connectivity index (χ4v) is 3.07. The van der Waals surface area contributed by atoms with Crippen LogP contribution in [0.25, 0.3) is 10.9 Å². The summed E-state index contributed by atoms with van der Waals surface area (Å²) in [5.41, 5.74) is 1.48. The third-order valence-electron chi connectivity index (χ3n) is 4.42. The van der Waals surface area contributed by atoms with E-state index in [1.807, 2.05) is 13.0 Å². The van der Waals surface area contributed by atoms with Crippen molar-refractivity contribution < 1.29 is 14.3 Å². The van der Waals surface area contributed by atoms with E-state index < -0.39 is 17.3 Å². The maximum atomic E-state index is 13.4. The predicted molar refractivity (Wildman–Crippen MR) is 103 cm³/mol. The molecule has 0 saturated heterocycles. The standard InChI is InChI=1S/C20H19ClFN3O2/c1-10-7-13-11(2)24-17(18(26)16(13)23-9-10)19(27)25-20(3,4)12-5-6-15(22)14(21)8-12/h5-9,26H,1-4H3,(H,25,27). The number of pyridine rings is 2. The SMILES string of the molecule is Cc1cnc2c(O)c(C(=O)NC(C)(C)c3ccc(F)c(Cl)c3)nc(C)c2c1. The number of hydrogen-bond donors (Lipinski definition) is 2. The van der Waals surface area contributed by atoms with E-state index in [0.717, 1.165) is 5.56 Å². The van der Waals surface area contributed by atoms with E-state index in [9.17, 15) is 14.3 Å². The Morgan fingerprint density at radius 2 is 1.96 bits per heavy atom. The number of rotatable bonds is 3. The summed E-state index contributed by atoms with van der Waals surface area (Å²) >= 11 is 5.85. The second-order valence-corrected chi connectivity index (χ2v) is 7.42. The lowest BCUT2D eigenvalue weighted by Crippen LogP contribution is -2.41. The molecule has 2 N–H and O–H groups in total. The first-order valence-corrected chi connectivity index (χ1v) is 8.72. The van der Waals surface area contributed by atoms with Crippen molar-refractivity contribution in [3.05, 3.63) is 63.8 Å². The highest BCUT2D eigenvalue weighted by atomic mass is 35.5. The summed E-state index contributed by atoms with van der Waals surface area (Å²) in [7, 11) is 0. The van der Waals surface area contributed by atoms with Gasteiger partial charge in [-0.15, -0.1) is 0 Å². The van der Waals surface area contributed by atoms with E-state index in [2.05, 4.69) is 15.3 Å². The highest BCUT2D eigenvalue weighted by Gasteiger charge is 2.27. The average molecular weight is 388 g/mol. The molecule has 27 heavy (non-hydrogen) atoms. The van der Waals surface area contributed by atoms with Crippen LogP contribution in [0.5, 0.6) is 5.75 Å². The van der Waals surface area contributed by atoms with Crippen LogP contribution >= 0.6 is 11.6 Å². The number of carbonyl (C=O) groups is 1. The minimum absolute atomic E-state index is 0.0306. The minimum Gasteiger partial charge on any atom is -0.504 e. The average Bonchev–Trinajstić information content (AvgIpc) is 2.59. The minimum atomic E-state index is -0.869. The molecule has 1 amide bonds. The Kier molecular flexibility index (Phi) is 4.78. The molecule has 140 valence electrons. The van der Waals surface area contributed by atoms with Gasteiger partial charge < -0.3 is 10.4 Å². The monoisotopic (exact) mass is 387 g/mol. The van der Waals surface area contributed by atoms with Gasteiger partial charge in [-0.1, -0.05) is 17.7 Å². The number of carbonyl (C=O) groups excluding carboxylic acids is 1. The largest absolute Gasteiger partial charge is 0.504 e. The van der Waals surface area contributed by atoms with Gasteiger partial charge in [-0.25, -0.2) is 9.37 Å². The molecule has 0 saturated carbocycles. The van der Waals surface area contributed by atoms with Gasteiger partial charge in [-0.05, 0) is 57.0 Å². The van der Waals surface area contributed by atoms with Crippen molar-refractivity contribution in [3.63, 3.8) is 0 Å². The summed E-state index contributed by atoms with van der Waals surface area (Å²) in [6, 6.07) is 6.11. The van der Waals surface area contributed by atoms with Crippen LogP contribution in [0.2, 0.25) is 5.02 Å². The Labute approximate surface area is 161 Å². The van der Waals surface area contributed by atoms with Gasteiger partial charge in [-0.3, -0.25) is 9.78 Å². The summed E-state index contributed by atoms with van der Waals surface area (Å²) < 4.78 is 13.4. The van der Waals surface area contributed by atoms with E-state index in [1.54, 1.807) is 33.0 Å². The van der Waals surface area contributed by atoms with E-state index in [1.165, 1.54) is 12.1 Å². The summed E-state index contributed by atoms with van der Waals surface area (Å²) in [4.78, 5) is 21.3. The lowest BCUT2D eigenvalue weighted by Gasteiger charge is -2.27. The number of amides is 1. The fourth-order valence-electron chi connectivity index (χ4n) is 2.89. The molecule has 0 unspecified atom stereocenters. The van der Waals surface area contributed by atoms with Gasteiger partial charge in [-0.2, -0.15) is 0 Å². The Hall–Kier alpha value is -2.73. The molecule has 3 rings (SSSR count). The van der Waals surface area contributed by atoms with Gasteiger partial charge in [0.2, 0.25) is 0 Å². The van der Waals surface area contributed by atoms with Crippen molar-refractivity contribution in [2.75, 3.05) is 0 Å². The number of nitrogens with zero attached hydrogens (tertiary/aromatic N) is 2. The van der Waals surface area contributed by atoms with Gasteiger partial charge in [0.25, 0.3) is 5.91 Å². The van der Waals surface area contributed by atoms with Crippen molar-refractivity contribution in [1.82, 2.24) is 15.3 Å². The van der Waals surface area contributed by atoms with Gasteiger partial charge >= 0.3 is 0 Å². The number of aromatic hydroxyl groups is 1. The fraction of sp³-hybridized carbons (Fsp3) is 0.250. The normalized spacial score (nSPS) is 11.6. The van der Waals surface area contributed by atoms with Crippen LogP contribution in [0, 0.1) is 19.7 Å². The van der Waals surface area contributed by atoms with E-state index in [-0.39, 0.29) is 16.5 Å². The van der Waals surface area contributed by atoms with Crippen molar-refractivity contribution in [2.24, 2.45) is 0 Å². The Morgan fingerprint density at radius 3 is 2.63 bits per heavy atom. The molecular formula is C20H19ClFN3O2. The van der Waals surface area contributed by atoms with Crippen molar-refractivity contribution in [3.8, 4) is 5.75 Å². The third kappa shape index (κ3) is 3.57. The molecule has 0 radical (unpaired) electrons. The van der Waals surface area contributed by atoms with Crippen LogP contribution < -0.4 is 5.32 Å². The van der Waals surface area contributed by atoms with Crippen molar-refractivity contribution >= 4 is 28.4 Å². The molecule has 2 aromatic heterocycles. The van der Waals surface area contributed by atoms with Gasteiger partial charge in [0.1, 0.15) is 11.3 Å². The van der Waals surface area contributed by atoms with Crippen LogP contribution in [0.3, 0.4) is 0 Å². The zero-order valence-electron chi connectivity index (χ0n) is 15.4. The van der Waals surface area contributed by atoms with Crippen LogP contribution in [0.4, 0.5) is 4.39 Å². The zero-order chi connectivity index (χ0) is 19.9. The summed E-state index contributed by atoms with van der Waals surface area (Å²) in [6.45, 7) is 7.15. The second-order valence-electron chi connectivity index (χ2n) is 7.01. The molecule has 0 aliphatic heterocycles. The van der Waals surface area contributed by atoms with Crippen molar-refractivity contribution in [2.45, 2.75) is 33.2 Å². The summed E-state index contributed by atoms with van der Waals surface area (Å²) in [6.07, 6.45) is 1.62. The smallest absolute Gasteiger partial charge is 0.274 e. The van der Waals surface area contributed by atoms with E-state index in [4.69, 9.17) is 11.6 Å². The molecule has 0 aliphatic carbocycles. The van der Waals surface area contributed by atoms with Gasteiger partial charge in [0.15, 0.2) is 11.4 Å². The van der Waals surface area contributed by atoms with E-state index in [0.29, 0.717) is 22.2 Å². The molecule has 0 bridgehead atoms. The number of aryl methyl sites for hydroxylation is 2. The highest BCUT2D eigenvalue weighted by molar-refractivity contribution is 6.30.